The van der Waals surface area contributed by atoms with Crippen LogP contribution in [0.5, 0.6) is 0 Å². The number of hydrogen-bond donors (Lipinski definition) is 2. The third kappa shape index (κ3) is 2.36. The van der Waals surface area contributed by atoms with E-state index in [1.807, 2.05) is 16.7 Å². The Morgan fingerprint density at radius 1 is 1.14 bits per heavy atom. The molecule has 0 bridgehead atoms. The smallest absolute Gasteiger partial charge is 0.274 e. The Bertz CT molecular complexity index is 883. The summed E-state index contributed by atoms with van der Waals surface area (Å²) in [5.41, 5.74) is 4.81. The molecule has 0 fully saturated rings. The number of aromatic nitrogens is 2. The van der Waals surface area contributed by atoms with Gasteiger partial charge in [0.2, 0.25) is 0 Å². The maximum Gasteiger partial charge on any atom is 0.274 e. The number of rotatable bonds is 3. The van der Waals surface area contributed by atoms with E-state index in [2.05, 4.69) is 4.98 Å². The standard InChI is InChI=1S/C16H13N3O3/c1-10(20)11-5-6-15-14(8-11)17-9-19(15)13-4-2-3-12(7-13)16(21)18-22/h2-9,22H,1H3,(H,18,21). The Kier molecular flexibility index (Phi) is 3.44. The lowest BCUT2D eigenvalue weighted by molar-refractivity contribution is 0.0706. The van der Waals surface area contributed by atoms with Gasteiger partial charge in [-0.3, -0.25) is 19.4 Å². The molecule has 1 amide bonds. The summed E-state index contributed by atoms with van der Waals surface area (Å²) in [6.07, 6.45) is 1.63. The molecule has 2 aromatic carbocycles. The molecule has 0 aliphatic heterocycles. The predicted molar refractivity (Wildman–Crippen MR) is 80.3 cm³/mol. The number of nitrogens with zero attached hydrogens (tertiary/aromatic N) is 2. The zero-order valence-electron chi connectivity index (χ0n) is 11.8. The molecule has 0 aliphatic carbocycles. The highest BCUT2D eigenvalue weighted by atomic mass is 16.5. The van der Waals surface area contributed by atoms with Crippen LogP contribution in [0.25, 0.3) is 16.7 Å². The molecule has 3 aromatic rings. The van der Waals surface area contributed by atoms with Gasteiger partial charge >= 0.3 is 0 Å². The minimum atomic E-state index is -0.579. The zero-order valence-corrected chi connectivity index (χ0v) is 11.8. The van der Waals surface area contributed by atoms with Crippen LogP contribution in [0.3, 0.4) is 0 Å². The van der Waals surface area contributed by atoms with Gasteiger partial charge in [-0.25, -0.2) is 10.5 Å². The third-order valence-electron chi connectivity index (χ3n) is 3.44. The second kappa shape index (κ2) is 5.42. The van der Waals surface area contributed by atoms with Crippen molar-refractivity contribution in [2.75, 3.05) is 0 Å². The van der Waals surface area contributed by atoms with Crippen molar-refractivity contribution >= 4 is 22.7 Å². The van der Waals surface area contributed by atoms with Gasteiger partial charge in [-0.1, -0.05) is 6.07 Å². The van der Waals surface area contributed by atoms with Crippen molar-refractivity contribution in [2.24, 2.45) is 0 Å². The highest BCUT2D eigenvalue weighted by Gasteiger charge is 2.10. The molecule has 0 spiro atoms. The first-order valence-corrected chi connectivity index (χ1v) is 6.63. The quantitative estimate of drug-likeness (QED) is 0.441. The first kappa shape index (κ1) is 14.0. The largest absolute Gasteiger partial charge is 0.299 e. The number of imidazole rings is 1. The molecule has 110 valence electrons. The number of carbonyl (C=O) groups is 2. The zero-order chi connectivity index (χ0) is 15.7. The number of fused-ring (bicyclic) bond motifs is 1. The average molecular weight is 295 g/mol. The molecule has 0 unspecified atom stereocenters. The number of hydroxylamine groups is 1. The normalized spacial score (nSPS) is 10.6. The molecular weight excluding hydrogens is 282 g/mol. The topological polar surface area (TPSA) is 84.2 Å². The Hall–Kier alpha value is -2.99. The molecule has 1 aromatic heterocycles. The van der Waals surface area contributed by atoms with Gasteiger partial charge in [0, 0.05) is 16.8 Å². The summed E-state index contributed by atoms with van der Waals surface area (Å²) in [5.74, 6) is -0.594. The van der Waals surface area contributed by atoms with Crippen molar-refractivity contribution in [3.63, 3.8) is 0 Å². The number of hydrogen-bond acceptors (Lipinski definition) is 4. The van der Waals surface area contributed by atoms with Gasteiger partial charge in [-0.2, -0.15) is 0 Å². The molecule has 6 heteroatoms. The van der Waals surface area contributed by atoms with Gasteiger partial charge in [0.1, 0.15) is 6.33 Å². The Morgan fingerprint density at radius 3 is 2.68 bits per heavy atom. The van der Waals surface area contributed by atoms with E-state index in [4.69, 9.17) is 5.21 Å². The summed E-state index contributed by atoms with van der Waals surface area (Å²) in [6, 6.07) is 12.1. The lowest BCUT2D eigenvalue weighted by Crippen LogP contribution is -2.18. The summed E-state index contributed by atoms with van der Waals surface area (Å²) < 4.78 is 1.81. The van der Waals surface area contributed by atoms with Crippen molar-refractivity contribution < 1.29 is 14.8 Å². The van der Waals surface area contributed by atoms with Crippen molar-refractivity contribution in [1.29, 1.82) is 0 Å². The molecule has 0 atom stereocenters. The van der Waals surface area contributed by atoms with Gasteiger partial charge in [0.25, 0.3) is 5.91 Å². The molecule has 0 saturated heterocycles. The number of nitrogens with one attached hydrogen (secondary N) is 1. The summed E-state index contributed by atoms with van der Waals surface area (Å²) in [4.78, 5) is 27.2. The van der Waals surface area contributed by atoms with Crippen LogP contribution in [0, 0.1) is 0 Å². The molecule has 0 radical (unpaired) electrons. The maximum absolute atomic E-state index is 11.5. The van der Waals surface area contributed by atoms with Crippen LogP contribution in [-0.2, 0) is 0 Å². The lowest BCUT2D eigenvalue weighted by atomic mass is 10.1. The van der Waals surface area contributed by atoms with Gasteiger partial charge in [-0.05, 0) is 43.3 Å². The molecular formula is C16H13N3O3. The highest BCUT2D eigenvalue weighted by molar-refractivity contribution is 5.97. The van der Waals surface area contributed by atoms with Gasteiger partial charge < -0.3 is 0 Å². The average Bonchev–Trinajstić information content (AvgIpc) is 2.97. The summed E-state index contributed by atoms with van der Waals surface area (Å²) in [5, 5.41) is 8.71. The van der Waals surface area contributed by atoms with Gasteiger partial charge in [0.05, 0.1) is 11.0 Å². The third-order valence-corrected chi connectivity index (χ3v) is 3.44. The lowest BCUT2D eigenvalue weighted by Gasteiger charge is -2.06. The second-order valence-corrected chi connectivity index (χ2v) is 4.87. The SMILES string of the molecule is CC(=O)c1ccc2c(c1)ncn2-c1cccc(C(=O)NO)c1. The molecule has 22 heavy (non-hydrogen) atoms. The molecule has 0 saturated carbocycles. The van der Waals surface area contributed by atoms with Crippen LogP contribution >= 0.6 is 0 Å². The fraction of sp³-hybridized carbons (Fsp3) is 0.0625. The number of ketones is 1. The molecule has 3 rings (SSSR count). The van der Waals surface area contributed by atoms with Crippen LogP contribution in [-0.4, -0.2) is 26.4 Å². The van der Waals surface area contributed by atoms with Crippen LogP contribution in [0.4, 0.5) is 0 Å². The summed E-state index contributed by atoms with van der Waals surface area (Å²) in [7, 11) is 0. The molecule has 2 N–H and O–H groups in total. The second-order valence-electron chi connectivity index (χ2n) is 4.87. The van der Waals surface area contributed by atoms with Crippen molar-refractivity contribution in [3.05, 3.63) is 59.9 Å². The minimum absolute atomic E-state index is 0.0157. The number of Topliss-reactive ketones (excluding diaryl/α,β-unsaturated/α-hetero) is 1. The first-order chi connectivity index (χ1) is 10.6. The Morgan fingerprint density at radius 2 is 1.95 bits per heavy atom. The molecule has 1 heterocycles. The van der Waals surface area contributed by atoms with E-state index >= 15 is 0 Å². The summed E-state index contributed by atoms with van der Waals surface area (Å²) >= 11 is 0. The van der Waals surface area contributed by atoms with E-state index in [1.54, 1.807) is 42.1 Å². The fourth-order valence-corrected chi connectivity index (χ4v) is 2.30. The van der Waals surface area contributed by atoms with Crippen LogP contribution in [0.2, 0.25) is 0 Å². The fourth-order valence-electron chi connectivity index (χ4n) is 2.30. The number of carbonyl (C=O) groups excluding carboxylic acids is 2. The highest BCUT2D eigenvalue weighted by Crippen LogP contribution is 2.20. The van der Waals surface area contributed by atoms with Crippen LogP contribution in [0.1, 0.15) is 27.6 Å². The predicted octanol–water partition coefficient (Wildman–Crippen LogP) is 2.35. The van der Waals surface area contributed by atoms with Crippen LogP contribution < -0.4 is 5.48 Å². The van der Waals surface area contributed by atoms with E-state index in [0.29, 0.717) is 16.6 Å². The van der Waals surface area contributed by atoms with Crippen molar-refractivity contribution in [2.45, 2.75) is 6.92 Å². The minimum Gasteiger partial charge on any atom is -0.299 e. The van der Waals surface area contributed by atoms with Crippen molar-refractivity contribution in [3.8, 4) is 5.69 Å². The molecule has 0 aliphatic rings. The Balaban J connectivity index is 2.11. The molecule has 6 nitrogen and oxygen atoms in total. The van der Waals surface area contributed by atoms with Gasteiger partial charge in [0.15, 0.2) is 5.78 Å². The number of benzene rings is 2. The van der Waals surface area contributed by atoms with E-state index in [-0.39, 0.29) is 5.78 Å². The maximum atomic E-state index is 11.5. The van der Waals surface area contributed by atoms with E-state index in [1.165, 1.54) is 6.92 Å². The first-order valence-electron chi connectivity index (χ1n) is 6.63. The number of amides is 1. The summed E-state index contributed by atoms with van der Waals surface area (Å²) in [6.45, 7) is 1.51. The monoisotopic (exact) mass is 295 g/mol. The Labute approximate surface area is 126 Å². The van der Waals surface area contributed by atoms with Crippen LogP contribution in [0.15, 0.2) is 48.8 Å². The van der Waals surface area contributed by atoms with E-state index in [0.717, 1.165) is 11.2 Å². The van der Waals surface area contributed by atoms with E-state index < -0.39 is 5.91 Å². The van der Waals surface area contributed by atoms with Gasteiger partial charge in [-0.15, -0.1) is 0 Å². The van der Waals surface area contributed by atoms with Crippen molar-refractivity contribution in [1.82, 2.24) is 15.0 Å². The van der Waals surface area contributed by atoms with E-state index in [9.17, 15) is 9.59 Å².